The fourth-order valence-corrected chi connectivity index (χ4v) is 3.91. The summed E-state index contributed by atoms with van der Waals surface area (Å²) in [6.07, 6.45) is 7.47. The van der Waals surface area contributed by atoms with Crippen molar-refractivity contribution in [2.75, 3.05) is 0 Å². The molecule has 1 aliphatic carbocycles. The second-order valence-corrected chi connectivity index (χ2v) is 8.78. The summed E-state index contributed by atoms with van der Waals surface area (Å²) in [7, 11) is 0. The zero-order valence-electron chi connectivity index (χ0n) is 12.3. The number of rotatable bonds is 3. The molecule has 0 radical (unpaired) electrons. The molecule has 2 rings (SSSR count). The summed E-state index contributed by atoms with van der Waals surface area (Å²) in [5.74, 6) is 0.989. The Labute approximate surface area is 122 Å². The SMILES string of the molecule is [CH2]=[Ti]([O]c1cc(C)cc(C(C)(C)C)c1)[C]1=CC=CC1. The van der Waals surface area contributed by atoms with Gasteiger partial charge in [-0.1, -0.05) is 0 Å². The summed E-state index contributed by atoms with van der Waals surface area (Å²) in [5, 5.41) is 0. The van der Waals surface area contributed by atoms with Gasteiger partial charge >= 0.3 is 123 Å². The third kappa shape index (κ3) is 3.78. The summed E-state index contributed by atoms with van der Waals surface area (Å²) in [6.45, 7) is 8.82. The molecule has 0 N–H and O–H groups in total. The minimum atomic E-state index is -1.81. The van der Waals surface area contributed by atoms with Gasteiger partial charge in [-0.25, -0.2) is 0 Å². The maximum atomic E-state index is 6.16. The molecule has 1 nitrogen and oxygen atoms in total. The van der Waals surface area contributed by atoms with E-state index in [1.165, 1.54) is 15.0 Å². The molecule has 0 unspecified atom stereocenters. The van der Waals surface area contributed by atoms with Crippen LogP contribution in [-0.4, -0.2) is 4.82 Å². The molecule has 1 aliphatic rings. The molecule has 0 spiro atoms. The van der Waals surface area contributed by atoms with Crippen molar-refractivity contribution in [3.05, 3.63) is 51.4 Å². The van der Waals surface area contributed by atoms with E-state index >= 15 is 0 Å². The standard InChI is InChI=1S/C11H16O.C5H5.CH2.Ti/c1-8-5-9(11(2,3)4)7-10(12)6-8;1-2-4-5-3-1;;/h5-7,12H,1-4H3;1-3H,4H2;1H2;/q;;;+1/p-1. The predicted molar refractivity (Wildman–Crippen MR) is 79.5 cm³/mol. The molecule has 0 aliphatic heterocycles. The summed E-state index contributed by atoms with van der Waals surface area (Å²) < 4.78 is 7.56. The van der Waals surface area contributed by atoms with Crippen molar-refractivity contribution < 1.29 is 21.1 Å². The van der Waals surface area contributed by atoms with Gasteiger partial charge in [-0.05, 0) is 0 Å². The van der Waals surface area contributed by atoms with E-state index in [0.717, 1.165) is 12.2 Å². The first-order chi connectivity index (χ1) is 8.86. The zero-order chi connectivity index (χ0) is 14.0. The molecule has 0 aromatic heterocycles. The third-order valence-corrected chi connectivity index (χ3v) is 5.74. The molecule has 0 fully saturated rings. The van der Waals surface area contributed by atoms with Crippen LogP contribution in [0.4, 0.5) is 0 Å². The van der Waals surface area contributed by atoms with Gasteiger partial charge in [-0.2, -0.15) is 0 Å². The molecule has 0 bridgehead atoms. The predicted octanol–water partition coefficient (Wildman–Crippen LogP) is 4.48. The van der Waals surface area contributed by atoms with Crippen LogP contribution in [0.5, 0.6) is 5.75 Å². The van der Waals surface area contributed by atoms with Crippen LogP contribution in [-0.2, 0) is 23.2 Å². The van der Waals surface area contributed by atoms with E-state index in [9.17, 15) is 0 Å². The number of benzene rings is 1. The minimum absolute atomic E-state index is 0.152. The molecular weight excluding hydrogens is 268 g/mol. The van der Waals surface area contributed by atoms with E-state index in [4.69, 9.17) is 3.32 Å². The molecular formula is C17H22OTi. The van der Waals surface area contributed by atoms with Crippen molar-refractivity contribution >= 4 is 4.82 Å². The molecule has 100 valence electrons. The third-order valence-electron chi connectivity index (χ3n) is 3.29. The molecule has 0 amide bonds. The Morgan fingerprint density at radius 1 is 1.21 bits per heavy atom. The van der Waals surface area contributed by atoms with Gasteiger partial charge < -0.3 is 0 Å². The van der Waals surface area contributed by atoms with Gasteiger partial charge in [0.15, 0.2) is 0 Å². The normalized spacial score (nSPS) is 14.4. The van der Waals surface area contributed by atoms with Crippen molar-refractivity contribution in [3.63, 3.8) is 0 Å². The van der Waals surface area contributed by atoms with E-state index in [-0.39, 0.29) is 5.41 Å². The van der Waals surface area contributed by atoms with Crippen LogP contribution in [0, 0.1) is 6.92 Å². The molecule has 0 heterocycles. The summed E-state index contributed by atoms with van der Waals surface area (Å²) >= 11 is -1.81. The fraction of sp³-hybridized carbons (Fsp3) is 0.353. The topological polar surface area (TPSA) is 9.23 Å². The van der Waals surface area contributed by atoms with E-state index in [0.29, 0.717) is 0 Å². The Hall–Kier alpha value is -0.916. The van der Waals surface area contributed by atoms with Crippen LogP contribution < -0.4 is 3.32 Å². The van der Waals surface area contributed by atoms with Crippen molar-refractivity contribution in [3.8, 4) is 5.75 Å². The number of aryl methyl sites for hydroxylation is 1. The quantitative estimate of drug-likeness (QED) is 0.746. The van der Waals surface area contributed by atoms with Gasteiger partial charge in [0.05, 0.1) is 0 Å². The number of hydrogen-bond acceptors (Lipinski definition) is 1. The second-order valence-electron chi connectivity index (χ2n) is 6.13. The average Bonchev–Trinajstić information content (AvgIpc) is 2.80. The Kier molecular flexibility index (Phi) is 4.27. The van der Waals surface area contributed by atoms with Crippen molar-refractivity contribution in [2.45, 2.75) is 39.5 Å². The van der Waals surface area contributed by atoms with Crippen LogP contribution in [0.2, 0.25) is 0 Å². The summed E-state index contributed by atoms with van der Waals surface area (Å²) in [4.78, 5) is 4.27. The maximum absolute atomic E-state index is 6.16. The van der Waals surface area contributed by atoms with Crippen molar-refractivity contribution in [1.29, 1.82) is 0 Å². The van der Waals surface area contributed by atoms with E-state index < -0.39 is 17.8 Å². The molecule has 1 aromatic carbocycles. The Morgan fingerprint density at radius 2 is 1.95 bits per heavy atom. The van der Waals surface area contributed by atoms with Crippen LogP contribution in [0.3, 0.4) is 0 Å². The monoisotopic (exact) mass is 290 g/mol. The molecule has 0 atom stereocenters. The van der Waals surface area contributed by atoms with E-state index in [1.54, 1.807) is 0 Å². The van der Waals surface area contributed by atoms with E-state index in [1.807, 2.05) is 0 Å². The first-order valence-electron chi connectivity index (χ1n) is 6.71. The van der Waals surface area contributed by atoms with Crippen LogP contribution in [0.25, 0.3) is 0 Å². The second kappa shape index (κ2) is 5.60. The fourth-order valence-electron chi connectivity index (χ4n) is 2.10. The van der Waals surface area contributed by atoms with Crippen LogP contribution >= 0.6 is 0 Å². The van der Waals surface area contributed by atoms with Gasteiger partial charge in [-0.3, -0.25) is 0 Å². The first-order valence-corrected chi connectivity index (χ1v) is 9.23. The van der Waals surface area contributed by atoms with Gasteiger partial charge in [-0.15, -0.1) is 0 Å². The molecule has 1 aromatic rings. The van der Waals surface area contributed by atoms with E-state index in [2.05, 4.69) is 68.9 Å². The molecule has 2 heteroatoms. The summed E-state index contributed by atoms with van der Waals surface area (Å²) in [6, 6.07) is 6.54. The van der Waals surface area contributed by atoms with Crippen LogP contribution in [0.15, 0.2) is 40.3 Å². The molecule has 19 heavy (non-hydrogen) atoms. The number of hydrogen-bond donors (Lipinski definition) is 0. The first kappa shape index (κ1) is 14.5. The van der Waals surface area contributed by atoms with Gasteiger partial charge in [0.1, 0.15) is 0 Å². The number of allylic oxidation sites excluding steroid dienone is 4. The Bertz CT molecular complexity index is 559. The van der Waals surface area contributed by atoms with Gasteiger partial charge in [0, 0.05) is 0 Å². The van der Waals surface area contributed by atoms with Crippen molar-refractivity contribution in [2.24, 2.45) is 0 Å². The molecule has 0 saturated heterocycles. The Morgan fingerprint density at radius 3 is 2.53 bits per heavy atom. The Balaban J connectivity index is 2.21. The van der Waals surface area contributed by atoms with Gasteiger partial charge in [0.2, 0.25) is 0 Å². The summed E-state index contributed by atoms with van der Waals surface area (Å²) in [5.41, 5.74) is 2.73. The average molecular weight is 290 g/mol. The van der Waals surface area contributed by atoms with Crippen LogP contribution in [0.1, 0.15) is 38.3 Å². The zero-order valence-corrected chi connectivity index (χ0v) is 13.8. The van der Waals surface area contributed by atoms with Crippen molar-refractivity contribution in [1.82, 2.24) is 0 Å². The molecule has 0 saturated carbocycles. The van der Waals surface area contributed by atoms with Gasteiger partial charge in [0.25, 0.3) is 0 Å².